The second kappa shape index (κ2) is 15.5. The Labute approximate surface area is 327 Å². The van der Waals surface area contributed by atoms with Gasteiger partial charge in [0.25, 0.3) is 0 Å². The van der Waals surface area contributed by atoms with Crippen molar-refractivity contribution in [3.05, 3.63) is 87.4 Å². The molecule has 0 radical (unpaired) electrons. The van der Waals surface area contributed by atoms with Crippen molar-refractivity contribution in [1.29, 1.82) is 0 Å². The smallest absolute Gasteiger partial charge is 0.319 e. The molecule has 2 N–H and O–H groups in total. The van der Waals surface area contributed by atoms with Gasteiger partial charge in [0.05, 0.1) is 42.5 Å². The first-order valence-electron chi connectivity index (χ1n) is 20.5. The first kappa shape index (κ1) is 36.7. The molecule has 1 aliphatic carbocycles. The zero-order valence-electron chi connectivity index (χ0n) is 32.8. The van der Waals surface area contributed by atoms with Crippen LogP contribution < -0.4 is 25.5 Å². The van der Waals surface area contributed by atoms with Gasteiger partial charge in [-0.1, -0.05) is 49.4 Å². The Bertz CT molecular complexity index is 2360. The lowest BCUT2D eigenvalue weighted by molar-refractivity contribution is 0.0219. The zero-order chi connectivity index (χ0) is 38.3. The van der Waals surface area contributed by atoms with E-state index in [9.17, 15) is 4.39 Å². The van der Waals surface area contributed by atoms with Crippen molar-refractivity contribution >= 4 is 28.9 Å². The Morgan fingerprint density at radius 1 is 1.07 bits per heavy atom. The van der Waals surface area contributed by atoms with E-state index in [4.69, 9.17) is 19.4 Å². The number of anilines is 1. The number of hydrogen-bond acceptors (Lipinski definition) is 9. The molecule has 292 valence electrons. The lowest BCUT2D eigenvalue weighted by Gasteiger charge is -2.31. The number of hydrogen-bond donors (Lipinski definition) is 2. The molecular weight excluding hydrogens is 706 g/mol. The molecule has 9 rings (SSSR count). The predicted molar refractivity (Wildman–Crippen MR) is 217 cm³/mol. The van der Waals surface area contributed by atoms with E-state index in [1.54, 1.807) is 13.1 Å². The van der Waals surface area contributed by atoms with Crippen molar-refractivity contribution in [2.24, 2.45) is 5.92 Å². The fourth-order valence-corrected chi connectivity index (χ4v) is 8.46. The number of halogens is 1. The van der Waals surface area contributed by atoms with Crippen LogP contribution in [-0.2, 0) is 17.6 Å². The summed E-state index contributed by atoms with van der Waals surface area (Å²) in [4.78, 5) is 13.0. The molecule has 3 aliphatic heterocycles. The van der Waals surface area contributed by atoms with Crippen LogP contribution >= 0.6 is 0 Å². The minimum Gasteiger partial charge on any atom is -0.460 e. The molecule has 12 heteroatoms. The number of allylic oxidation sites excluding steroid dienone is 2. The largest absolute Gasteiger partial charge is 0.460 e. The van der Waals surface area contributed by atoms with Gasteiger partial charge in [-0.15, -0.1) is 5.10 Å². The summed E-state index contributed by atoms with van der Waals surface area (Å²) in [5.41, 5.74) is 7.64. The maximum atomic E-state index is 14.6. The van der Waals surface area contributed by atoms with Crippen LogP contribution in [0.1, 0.15) is 94.0 Å². The molecule has 2 aromatic carbocycles. The maximum absolute atomic E-state index is 14.6. The molecule has 6 heterocycles. The highest BCUT2D eigenvalue weighted by atomic mass is 19.1. The highest BCUT2D eigenvalue weighted by Gasteiger charge is 2.40. The molecular formula is C44H52FN9O2. The number of ether oxygens (including phenoxy) is 2. The van der Waals surface area contributed by atoms with Crippen LogP contribution in [0.5, 0.6) is 6.01 Å². The number of fused-ring (bicyclic) bond motifs is 3. The van der Waals surface area contributed by atoms with Crippen LogP contribution in [0, 0.1) is 5.92 Å². The number of H-pyrrole nitrogens is 1. The molecule has 2 bridgehead atoms. The molecule has 11 nitrogen and oxygen atoms in total. The number of aryl methyl sites for hydroxylation is 2. The lowest BCUT2D eigenvalue weighted by Crippen LogP contribution is -2.44. The van der Waals surface area contributed by atoms with E-state index < -0.39 is 0 Å². The van der Waals surface area contributed by atoms with E-state index in [2.05, 4.69) is 87.9 Å². The summed E-state index contributed by atoms with van der Waals surface area (Å²) in [6.07, 6.45) is 15.5. The standard InChI is InChI=1S/C44H52FN9O2/c1-5-32(45)19-40-31(22-47-50-40)18-38-36(13-8-28-6-9-30(10-7-28)41-25-54(52-51-41)27(4)26(2)3)42-39(21-37(38)29-11-12-29)43(53-24-33-20-34(53)23-46-33)49-44(48-42)56-35-14-16-55-17-15-35/h5-7,9-10,18-19,21-22,25-27,29,33-35,46,50H,8,11-17,20,23-24H2,1-4H3/b31-18+,32-5-,40-19+. The number of benzene rings is 2. The second-order valence-corrected chi connectivity index (χ2v) is 16.4. The minimum absolute atomic E-state index is 0.00482. The van der Waals surface area contributed by atoms with E-state index >= 15 is 0 Å². The van der Waals surface area contributed by atoms with Gasteiger partial charge >= 0.3 is 6.01 Å². The average molecular weight is 758 g/mol. The molecule has 3 unspecified atom stereocenters. The topological polar surface area (TPSA) is 119 Å². The van der Waals surface area contributed by atoms with Gasteiger partial charge in [0, 0.05) is 54.2 Å². The SMILES string of the molecule is C/C=C(F)/C=c1/[nH]nc/c1=C\c1c(C2CC2)cc2c(N3CC4CC3CN4)nc(OC3CCOCC3)nc2c1CCc1ccc(-c2cn(C(C)C(C)C)nn2)cc1. The normalized spacial score (nSPS) is 21.6. The molecule has 0 spiro atoms. The van der Waals surface area contributed by atoms with Crippen molar-refractivity contribution in [2.75, 3.05) is 31.2 Å². The van der Waals surface area contributed by atoms with Crippen molar-refractivity contribution in [2.45, 2.75) is 103 Å². The lowest BCUT2D eigenvalue weighted by atomic mass is 9.90. The summed E-state index contributed by atoms with van der Waals surface area (Å²) in [5.74, 6) is 1.55. The van der Waals surface area contributed by atoms with Crippen molar-refractivity contribution in [3.8, 4) is 17.3 Å². The van der Waals surface area contributed by atoms with Crippen LogP contribution in [0.2, 0.25) is 0 Å². The van der Waals surface area contributed by atoms with Crippen LogP contribution in [0.4, 0.5) is 10.2 Å². The zero-order valence-corrected chi connectivity index (χ0v) is 32.8. The summed E-state index contributed by atoms with van der Waals surface area (Å²) in [6, 6.07) is 12.6. The van der Waals surface area contributed by atoms with Gasteiger partial charge < -0.3 is 19.7 Å². The Kier molecular flexibility index (Phi) is 10.2. The fraction of sp³-hybridized carbons (Fsp3) is 0.477. The average Bonchev–Trinajstić information content (AvgIpc) is 3.55. The van der Waals surface area contributed by atoms with Crippen LogP contribution in [0.25, 0.3) is 34.3 Å². The Morgan fingerprint density at radius 3 is 2.61 bits per heavy atom. The Hall–Kier alpha value is -4.94. The van der Waals surface area contributed by atoms with Gasteiger partial charge in [-0.3, -0.25) is 5.10 Å². The summed E-state index contributed by atoms with van der Waals surface area (Å²) >= 11 is 0. The third-order valence-electron chi connectivity index (χ3n) is 12.3. The highest BCUT2D eigenvalue weighted by Crippen LogP contribution is 2.46. The molecule has 5 aromatic rings. The fourth-order valence-electron chi connectivity index (χ4n) is 8.46. The number of rotatable bonds is 12. The molecule has 56 heavy (non-hydrogen) atoms. The first-order chi connectivity index (χ1) is 27.3. The molecule has 0 amide bonds. The van der Waals surface area contributed by atoms with E-state index in [1.165, 1.54) is 23.3 Å². The quantitative estimate of drug-likeness (QED) is 0.156. The van der Waals surface area contributed by atoms with Crippen molar-refractivity contribution in [3.63, 3.8) is 0 Å². The molecule has 3 aromatic heterocycles. The second-order valence-electron chi connectivity index (χ2n) is 16.4. The molecule has 4 fully saturated rings. The summed E-state index contributed by atoms with van der Waals surface area (Å²) in [7, 11) is 0. The van der Waals surface area contributed by atoms with E-state index in [0.717, 1.165) is 102 Å². The van der Waals surface area contributed by atoms with Crippen molar-refractivity contribution < 1.29 is 13.9 Å². The first-order valence-corrected chi connectivity index (χ1v) is 20.5. The Morgan fingerprint density at radius 2 is 1.89 bits per heavy atom. The van der Waals surface area contributed by atoms with Crippen LogP contribution in [-0.4, -0.2) is 79.7 Å². The van der Waals surface area contributed by atoms with Crippen LogP contribution in [0.3, 0.4) is 0 Å². The van der Waals surface area contributed by atoms with Gasteiger partial charge in [0.15, 0.2) is 0 Å². The molecule has 4 aliphatic rings. The Balaban J connectivity index is 1.17. The molecule has 3 saturated heterocycles. The maximum Gasteiger partial charge on any atom is 0.319 e. The summed E-state index contributed by atoms with van der Waals surface area (Å²) in [5, 5.41) is 22.5. The van der Waals surface area contributed by atoms with E-state index in [-0.39, 0.29) is 18.0 Å². The van der Waals surface area contributed by atoms with E-state index in [0.29, 0.717) is 48.5 Å². The number of nitrogens with zero attached hydrogens (tertiary/aromatic N) is 7. The third kappa shape index (κ3) is 7.48. The predicted octanol–water partition coefficient (Wildman–Crippen LogP) is 6.08. The number of aromatic nitrogens is 7. The number of aromatic amines is 1. The van der Waals surface area contributed by atoms with Gasteiger partial charge in [-0.05, 0) is 98.3 Å². The molecule has 1 saturated carbocycles. The molecule has 3 atom stereocenters. The van der Waals surface area contributed by atoms with E-state index in [1.807, 2.05) is 10.9 Å². The minimum atomic E-state index is -0.313. The number of nitrogens with one attached hydrogen (secondary N) is 2. The van der Waals surface area contributed by atoms with Gasteiger partial charge in [0.2, 0.25) is 0 Å². The third-order valence-corrected chi connectivity index (χ3v) is 12.3. The number of piperazine rings is 1. The van der Waals surface area contributed by atoms with Gasteiger partial charge in [-0.25, -0.2) is 9.07 Å². The monoisotopic (exact) mass is 757 g/mol. The van der Waals surface area contributed by atoms with Gasteiger partial charge in [0.1, 0.15) is 23.4 Å². The van der Waals surface area contributed by atoms with Gasteiger partial charge in [-0.2, -0.15) is 15.1 Å². The summed E-state index contributed by atoms with van der Waals surface area (Å²) in [6.45, 7) is 11.5. The van der Waals surface area contributed by atoms with Crippen molar-refractivity contribution in [1.82, 2.24) is 40.5 Å². The summed E-state index contributed by atoms with van der Waals surface area (Å²) < 4.78 is 28.8. The van der Waals surface area contributed by atoms with Crippen LogP contribution in [0.15, 0.2) is 54.6 Å². The highest BCUT2D eigenvalue weighted by molar-refractivity contribution is 5.96.